The number of rotatable bonds is 8. The van der Waals surface area contributed by atoms with Crippen LogP contribution in [-0.4, -0.2) is 32.1 Å². The monoisotopic (exact) mass is 400 g/mol. The Balaban J connectivity index is 1.93. The van der Waals surface area contributed by atoms with Gasteiger partial charge in [0.2, 0.25) is 0 Å². The van der Waals surface area contributed by atoms with Gasteiger partial charge in [0.05, 0.1) is 13.7 Å². The van der Waals surface area contributed by atoms with Crippen molar-refractivity contribution in [1.29, 1.82) is 0 Å². The number of hydrogen-bond acceptors (Lipinski definition) is 5. The summed E-state index contributed by atoms with van der Waals surface area (Å²) in [6.07, 6.45) is 0. The van der Waals surface area contributed by atoms with Crippen LogP contribution in [0.2, 0.25) is 0 Å². The van der Waals surface area contributed by atoms with Crippen molar-refractivity contribution in [2.45, 2.75) is 33.6 Å². The Kier molecular flexibility index (Phi) is 7.88. The van der Waals surface area contributed by atoms with Gasteiger partial charge in [-0.15, -0.1) is 0 Å². The van der Waals surface area contributed by atoms with Crippen LogP contribution in [0.25, 0.3) is 0 Å². The normalized spacial score (nSPS) is 10.4. The predicted molar refractivity (Wildman–Crippen MR) is 111 cm³/mol. The molecular weight excluding hydrogens is 372 g/mol. The molecule has 0 aromatic heterocycles. The lowest BCUT2D eigenvalue weighted by Gasteiger charge is -2.15. The molecule has 29 heavy (non-hydrogen) atoms. The molecule has 0 aliphatic rings. The van der Waals surface area contributed by atoms with E-state index in [1.807, 2.05) is 32.0 Å². The third-order valence-electron chi connectivity index (χ3n) is 4.19. The van der Waals surface area contributed by atoms with Gasteiger partial charge in [-0.05, 0) is 55.2 Å². The molecule has 7 heteroatoms. The molecule has 0 saturated carbocycles. The molecule has 0 fully saturated rings. The summed E-state index contributed by atoms with van der Waals surface area (Å²) in [6.45, 7) is 8.21. The highest BCUT2D eigenvalue weighted by Gasteiger charge is 2.13. The van der Waals surface area contributed by atoms with E-state index < -0.39 is 11.8 Å². The zero-order valence-electron chi connectivity index (χ0n) is 17.5. The molecule has 0 radical (unpaired) electrons. The number of carbonyl (C=O) groups is 2. The van der Waals surface area contributed by atoms with E-state index in [4.69, 9.17) is 14.2 Å². The van der Waals surface area contributed by atoms with Gasteiger partial charge < -0.3 is 14.2 Å². The second-order valence-electron chi connectivity index (χ2n) is 6.79. The van der Waals surface area contributed by atoms with E-state index in [0.717, 1.165) is 11.1 Å². The van der Waals surface area contributed by atoms with Gasteiger partial charge in [0, 0.05) is 5.56 Å². The molecule has 0 unspecified atom stereocenters. The molecule has 2 aromatic carbocycles. The van der Waals surface area contributed by atoms with E-state index in [9.17, 15) is 9.59 Å². The first kappa shape index (κ1) is 22.1. The first-order valence-electron chi connectivity index (χ1n) is 9.49. The summed E-state index contributed by atoms with van der Waals surface area (Å²) in [5, 5.41) is 0. The van der Waals surface area contributed by atoms with Crippen LogP contribution in [-0.2, 0) is 4.79 Å². The second kappa shape index (κ2) is 10.4. The van der Waals surface area contributed by atoms with E-state index in [0.29, 0.717) is 29.4 Å². The number of carbonyl (C=O) groups excluding carboxylic acids is 2. The van der Waals surface area contributed by atoms with Gasteiger partial charge >= 0.3 is 0 Å². The van der Waals surface area contributed by atoms with Gasteiger partial charge in [0.15, 0.2) is 18.1 Å². The van der Waals surface area contributed by atoms with E-state index >= 15 is 0 Å². The number of ether oxygens (including phenoxy) is 3. The van der Waals surface area contributed by atoms with Crippen LogP contribution >= 0.6 is 0 Å². The summed E-state index contributed by atoms with van der Waals surface area (Å²) in [4.78, 5) is 24.4. The quantitative estimate of drug-likeness (QED) is 0.664. The van der Waals surface area contributed by atoms with Crippen molar-refractivity contribution in [2.75, 3.05) is 20.3 Å². The molecule has 2 rings (SSSR count). The molecule has 0 saturated heterocycles. The molecule has 0 aliphatic heterocycles. The van der Waals surface area contributed by atoms with Gasteiger partial charge in [-0.25, -0.2) is 0 Å². The number of methoxy groups -OCH3 is 1. The SMILES string of the molecule is CCOc1ccc(C(=O)NNC(=O)COc2cc(C)ccc2C(C)C)cc1OC. The van der Waals surface area contributed by atoms with Crippen LogP contribution in [0.5, 0.6) is 17.2 Å². The largest absolute Gasteiger partial charge is 0.493 e. The van der Waals surface area contributed by atoms with Gasteiger partial charge in [0.25, 0.3) is 11.8 Å². The van der Waals surface area contributed by atoms with Crippen molar-refractivity contribution in [1.82, 2.24) is 10.9 Å². The van der Waals surface area contributed by atoms with E-state index in [-0.39, 0.29) is 12.5 Å². The minimum Gasteiger partial charge on any atom is -0.493 e. The van der Waals surface area contributed by atoms with Crippen molar-refractivity contribution < 1.29 is 23.8 Å². The highest BCUT2D eigenvalue weighted by atomic mass is 16.5. The molecule has 0 heterocycles. The maximum absolute atomic E-state index is 12.3. The van der Waals surface area contributed by atoms with E-state index in [1.54, 1.807) is 18.2 Å². The topological polar surface area (TPSA) is 85.9 Å². The maximum atomic E-state index is 12.3. The van der Waals surface area contributed by atoms with Crippen LogP contribution in [0.4, 0.5) is 0 Å². The Hall–Kier alpha value is -3.22. The molecule has 0 aliphatic carbocycles. The standard InChI is InChI=1S/C22H28N2O5/c1-6-28-18-10-8-16(12-20(18)27-5)22(26)24-23-21(25)13-29-19-11-15(4)7-9-17(19)14(2)3/h7-12,14H,6,13H2,1-5H3,(H,23,25)(H,24,26). The number of benzene rings is 2. The van der Waals surface area contributed by atoms with E-state index in [2.05, 4.69) is 24.7 Å². The van der Waals surface area contributed by atoms with Crippen molar-refractivity contribution in [2.24, 2.45) is 0 Å². The number of hydrazine groups is 1. The molecule has 7 nitrogen and oxygen atoms in total. The van der Waals surface area contributed by atoms with Crippen LogP contribution < -0.4 is 25.1 Å². The van der Waals surface area contributed by atoms with Crippen LogP contribution in [0.3, 0.4) is 0 Å². The van der Waals surface area contributed by atoms with Gasteiger partial charge in [-0.2, -0.15) is 0 Å². The molecule has 0 atom stereocenters. The minimum absolute atomic E-state index is 0.212. The fourth-order valence-electron chi connectivity index (χ4n) is 2.71. The van der Waals surface area contributed by atoms with Gasteiger partial charge in [-0.1, -0.05) is 26.0 Å². The Morgan fingerprint density at radius 2 is 1.72 bits per heavy atom. The first-order valence-corrected chi connectivity index (χ1v) is 9.49. The average molecular weight is 400 g/mol. The number of nitrogens with one attached hydrogen (secondary N) is 2. The van der Waals surface area contributed by atoms with Crippen molar-refractivity contribution in [3.63, 3.8) is 0 Å². The molecular formula is C22H28N2O5. The summed E-state index contributed by atoms with van der Waals surface area (Å²) in [5.74, 6) is 0.976. The smallest absolute Gasteiger partial charge is 0.276 e. The Morgan fingerprint density at radius 3 is 2.38 bits per heavy atom. The third kappa shape index (κ3) is 6.14. The van der Waals surface area contributed by atoms with Crippen LogP contribution in [0.1, 0.15) is 48.2 Å². The number of hydrogen-bond donors (Lipinski definition) is 2. The zero-order chi connectivity index (χ0) is 21.4. The minimum atomic E-state index is -0.474. The maximum Gasteiger partial charge on any atom is 0.276 e. The van der Waals surface area contributed by atoms with Crippen molar-refractivity contribution in [3.8, 4) is 17.2 Å². The Bertz CT molecular complexity index is 864. The number of aryl methyl sites for hydroxylation is 1. The highest BCUT2D eigenvalue weighted by molar-refractivity contribution is 5.96. The fraction of sp³-hybridized carbons (Fsp3) is 0.364. The first-order chi connectivity index (χ1) is 13.8. The lowest BCUT2D eigenvalue weighted by molar-refractivity contribution is -0.123. The summed E-state index contributed by atoms with van der Waals surface area (Å²) < 4.78 is 16.3. The number of amides is 2. The Morgan fingerprint density at radius 1 is 0.966 bits per heavy atom. The lowest BCUT2D eigenvalue weighted by Crippen LogP contribution is -2.43. The highest BCUT2D eigenvalue weighted by Crippen LogP contribution is 2.28. The average Bonchev–Trinajstić information content (AvgIpc) is 2.70. The lowest BCUT2D eigenvalue weighted by atomic mass is 10.0. The molecule has 2 amide bonds. The summed E-state index contributed by atoms with van der Waals surface area (Å²) in [6, 6.07) is 10.7. The summed E-state index contributed by atoms with van der Waals surface area (Å²) in [5.41, 5.74) is 7.12. The second-order valence-corrected chi connectivity index (χ2v) is 6.79. The fourth-order valence-corrected chi connectivity index (χ4v) is 2.71. The van der Waals surface area contributed by atoms with Gasteiger partial charge in [-0.3, -0.25) is 20.4 Å². The van der Waals surface area contributed by atoms with Crippen molar-refractivity contribution >= 4 is 11.8 Å². The molecule has 2 N–H and O–H groups in total. The van der Waals surface area contributed by atoms with Crippen LogP contribution in [0.15, 0.2) is 36.4 Å². The molecule has 0 bridgehead atoms. The molecule has 156 valence electrons. The zero-order valence-corrected chi connectivity index (χ0v) is 17.5. The van der Waals surface area contributed by atoms with Crippen molar-refractivity contribution in [3.05, 3.63) is 53.1 Å². The molecule has 0 spiro atoms. The summed E-state index contributed by atoms with van der Waals surface area (Å²) >= 11 is 0. The Labute approximate surface area is 171 Å². The van der Waals surface area contributed by atoms with E-state index in [1.165, 1.54) is 7.11 Å². The summed E-state index contributed by atoms with van der Waals surface area (Å²) in [7, 11) is 1.50. The third-order valence-corrected chi connectivity index (χ3v) is 4.19. The van der Waals surface area contributed by atoms with Crippen LogP contribution in [0, 0.1) is 6.92 Å². The van der Waals surface area contributed by atoms with Gasteiger partial charge in [0.1, 0.15) is 5.75 Å². The molecule has 2 aromatic rings. The predicted octanol–water partition coefficient (Wildman–Crippen LogP) is 3.37.